The van der Waals surface area contributed by atoms with Gasteiger partial charge in [-0.1, -0.05) is 12.1 Å². The summed E-state index contributed by atoms with van der Waals surface area (Å²) in [5.41, 5.74) is 4.48. The van der Waals surface area contributed by atoms with E-state index in [1.54, 1.807) is 0 Å². The number of hydrogen-bond acceptors (Lipinski definition) is 4. The monoisotopic (exact) mass is 345 g/mol. The maximum atomic E-state index is 9.64. The van der Waals surface area contributed by atoms with Crippen molar-refractivity contribution in [2.24, 2.45) is 0 Å². The molecule has 0 unspecified atom stereocenters. The number of anilines is 1. The summed E-state index contributed by atoms with van der Waals surface area (Å²) in [7, 11) is 0. The molecule has 5 nitrogen and oxygen atoms in total. The van der Waals surface area contributed by atoms with E-state index >= 15 is 0 Å². The van der Waals surface area contributed by atoms with Gasteiger partial charge in [0.1, 0.15) is 11.9 Å². The van der Waals surface area contributed by atoms with Crippen molar-refractivity contribution in [3.05, 3.63) is 41.5 Å². The van der Waals surface area contributed by atoms with E-state index in [2.05, 4.69) is 32.8 Å². The fraction of sp³-hybridized carbons (Fsp3) is 0.429. The molecule has 0 bridgehead atoms. The van der Waals surface area contributed by atoms with Gasteiger partial charge in [0.15, 0.2) is 5.65 Å². The maximum absolute atomic E-state index is 9.64. The van der Waals surface area contributed by atoms with Crippen LogP contribution in [0.5, 0.6) is 0 Å². The third kappa shape index (κ3) is 2.53. The molecule has 3 aromatic rings. The molecular weight excluding hydrogens is 322 g/mol. The number of nitriles is 1. The number of para-hydroxylation sites is 2. The molecule has 0 spiro atoms. The van der Waals surface area contributed by atoms with Crippen molar-refractivity contribution in [2.45, 2.75) is 44.7 Å². The average molecular weight is 345 g/mol. The van der Waals surface area contributed by atoms with Crippen molar-refractivity contribution >= 4 is 22.5 Å². The van der Waals surface area contributed by atoms with Crippen LogP contribution in [-0.4, -0.2) is 34.6 Å². The molecule has 1 saturated heterocycles. The van der Waals surface area contributed by atoms with Crippen LogP contribution in [0.15, 0.2) is 30.3 Å². The molecule has 0 atom stereocenters. The van der Waals surface area contributed by atoms with Crippen molar-refractivity contribution in [3.63, 3.8) is 0 Å². The molecule has 2 fully saturated rings. The number of hydrogen-bond donors (Lipinski definition) is 1. The Morgan fingerprint density at radius 3 is 2.58 bits per heavy atom. The first-order chi connectivity index (χ1) is 12.7. The van der Waals surface area contributed by atoms with Crippen LogP contribution in [-0.2, 0) is 0 Å². The van der Waals surface area contributed by atoms with E-state index < -0.39 is 0 Å². The summed E-state index contributed by atoms with van der Waals surface area (Å²) in [4.78, 5) is 7.23. The van der Waals surface area contributed by atoms with Gasteiger partial charge in [0.25, 0.3) is 0 Å². The first-order valence-electron chi connectivity index (χ1n) is 9.56. The molecule has 5 rings (SSSR count). The number of piperidine rings is 1. The highest BCUT2D eigenvalue weighted by molar-refractivity contribution is 5.85. The van der Waals surface area contributed by atoms with Crippen LogP contribution >= 0.6 is 0 Å². The first kappa shape index (κ1) is 15.7. The Morgan fingerprint density at radius 1 is 1.12 bits per heavy atom. The zero-order chi connectivity index (χ0) is 17.7. The summed E-state index contributed by atoms with van der Waals surface area (Å²) in [6.07, 6.45) is 5.03. The number of benzene rings is 1. The van der Waals surface area contributed by atoms with E-state index in [9.17, 15) is 5.26 Å². The van der Waals surface area contributed by atoms with Gasteiger partial charge in [0.2, 0.25) is 0 Å². The maximum Gasteiger partial charge on any atom is 0.157 e. The number of imidazole rings is 1. The summed E-state index contributed by atoms with van der Waals surface area (Å²) >= 11 is 0. The Morgan fingerprint density at radius 2 is 1.85 bits per heavy atom. The van der Waals surface area contributed by atoms with Crippen molar-refractivity contribution in [3.8, 4) is 6.07 Å². The van der Waals surface area contributed by atoms with Crippen LogP contribution in [0.2, 0.25) is 0 Å². The molecule has 1 aliphatic carbocycles. The molecule has 0 radical (unpaired) electrons. The molecular formula is C21H23N5. The van der Waals surface area contributed by atoms with Crippen molar-refractivity contribution in [1.82, 2.24) is 14.7 Å². The molecule has 1 N–H and O–H groups in total. The van der Waals surface area contributed by atoms with Crippen molar-refractivity contribution < 1.29 is 0 Å². The van der Waals surface area contributed by atoms with Gasteiger partial charge in [-0.05, 0) is 56.4 Å². The van der Waals surface area contributed by atoms with Gasteiger partial charge in [0.05, 0.1) is 16.6 Å². The Hall–Kier alpha value is -2.58. The fourth-order valence-corrected chi connectivity index (χ4v) is 4.16. The Labute approximate surface area is 153 Å². The van der Waals surface area contributed by atoms with Crippen LogP contribution in [0, 0.1) is 18.3 Å². The van der Waals surface area contributed by atoms with Gasteiger partial charge >= 0.3 is 0 Å². The second-order valence-corrected chi connectivity index (χ2v) is 7.63. The van der Waals surface area contributed by atoms with E-state index in [0.717, 1.165) is 47.2 Å². The van der Waals surface area contributed by atoms with Gasteiger partial charge in [0, 0.05) is 25.2 Å². The second kappa shape index (κ2) is 6.00. The molecule has 1 aliphatic heterocycles. The lowest BCUT2D eigenvalue weighted by molar-refractivity contribution is 0.411. The molecule has 1 aromatic carbocycles. The van der Waals surface area contributed by atoms with E-state index in [-0.39, 0.29) is 0 Å². The van der Waals surface area contributed by atoms with Crippen LogP contribution < -0.4 is 10.2 Å². The van der Waals surface area contributed by atoms with E-state index in [1.807, 2.05) is 25.1 Å². The van der Waals surface area contributed by atoms with Gasteiger partial charge in [-0.15, -0.1) is 0 Å². The fourth-order valence-electron chi connectivity index (χ4n) is 4.16. The predicted octanol–water partition coefficient (Wildman–Crippen LogP) is 3.39. The minimum Gasteiger partial charge on any atom is -0.358 e. The number of nitrogens with one attached hydrogen (secondary N) is 1. The normalized spacial score (nSPS) is 18.5. The van der Waals surface area contributed by atoms with Gasteiger partial charge in [-0.2, -0.15) is 5.26 Å². The number of pyridine rings is 1. The first-order valence-corrected chi connectivity index (χ1v) is 9.56. The Bertz CT molecular complexity index is 1020. The highest BCUT2D eigenvalue weighted by atomic mass is 15.2. The molecule has 132 valence electrons. The molecule has 2 aromatic heterocycles. The summed E-state index contributed by atoms with van der Waals surface area (Å²) in [5, 5.41) is 13.4. The molecule has 5 heteroatoms. The number of nitrogens with zero attached hydrogens (tertiary/aromatic N) is 4. The zero-order valence-electron chi connectivity index (χ0n) is 15.1. The highest BCUT2D eigenvalue weighted by Gasteiger charge is 2.28. The topological polar surface area (TPSA) is 56.4 Å². The molecule has 1 saturated carbocycles. The number of rotatable bonds is 3. The van der Waals surface area contributed by atoms with Crippen molar-refractivity contribution in [1.29, 1.82) is 5.26 Å². The zero-order valence-corrected chi connectivity index (χ0v) is 15.1. The number of aromatic nitrogens is 2. The molecule has 26 heavy (non-hydrogen) atoms. The molecule has 2 aliphatic rings. The lowest BCUT2D eigenvalue weighted by atomic mass is 10.0. The molecule has 3 heterocycles. The van der Waals surface area contributed by atoms with Gasteiger partial charge in [-0.3, -0.25) is 4.40 Å². The summed E-state index contributed by atoms with van der Waals surface area (Å²) in [6.45, 7) is 4.09. The lowest BCUT2D eigenvalue weighted by Gasteiger charge is -2.34. The average Bonchev–Trinajstić information content (AvgIpc) is 3.39. The molecule has 0 amide bonds. The second-order valence-electron chi connectivity index (χ2n) is 7.63. The Balaban J connectivity index is 1.58. The quantitative estimate of drug-likeness (QED) is 0.790. The standard InChI is InChI=1S/C21H23N5/c1-14-12-20(25-10-8-16(9-11-25)23-15-6-7-15)26-19-5-3-2-4-18(19)24-21(26)17(14)13-22/h2-5,12,15-16,23H,6-11H2,1H3. The van der Waals surface area contributed by atoms with E-state index in [4.69, 9.17) is 4.98 Å². The minimum absolute atomic E-state index is 0.647. The van der Waals surface area contributed by atoms with Crippen LogP contribution in [0.25, 0.3) is 16.7 Å². The lowest BCUT2D eigenvalue weighted by Crippen LogP contribution is -2.43. The largest absolute Gasteiger partial charge is 0.358 e. The van der Waals surface area contributed by atoms with Crippen molar-refractivity contribution in [2.75, 3.05) is 18.0 Å². The van der Waals surface area contributed by atoms with Crippen LogP contribution in [0.1, 0.15) is 36.8 Å². The summed E-state index contributed by atoms with van der Waals surface area (Å²) in [6, 6.07) is 14.1. The highest BCUT2D eigenvalue weighted by Crippen LogP contribution is 2.30. The number of aryl methyl sites for hydroxylation is 1. The van der Waals surface area contributed by atoms with Gasteiger partial charge < -0.3 is 10.2 Å². The number of fused-ring (bicyclic) bond motifs is 3. The van der Waals surface area contributed by atoms with E-state index in [0.29, 0.717) is 11.6 Å². The van der Waals surface area contributed by atoms with Gasteiger partial charge in [-0.25, -0.2) is 4.98 Å². The smallest absolute Gasteiger partial charge is 0.157 e. The van der Waals surface area contributed by atoms with E-state index in [1.165, 1.54) is 25.7 Å². The minimum atomic E-state index is 0.647. The third-order valence-corrected chi connectivity index (χ3v) is 5.73. The third-order valence-electron chi connectivity index (χ3n) is 5.73. The SMILES string of the molecule is Cc1cc(N2CCC(NC3CC3)CC2)n2c(nc3ccccc32)c1C#N. The van der Waals surface area contributed by atoms with Crippen LogP contribution in [0.3, 0.4) is 0 Å². The summed E-state index contributed by atoms with van der Waals surface area (Å²) in [5.74, 6) is 1.16. The predicted molar refractivity (Wildman–Crippen MR) is 104 cm³/mol. The van der Waals surface area contributed by atoms with Crippen LogP contribution in [0.4, 0.5) is 5.82 Å². The Kier molecular flexibility index (Phi) is 3.61. The summed E-state index contributed by atoms with van der Waals surface area (Å²) < 4.78 is 2.18.